The highest BCUT2D eigenvalue weighted by molar-refractivity contribution is 6.10. The molecular formula is C35H24N2O. The van der Waals surface area contributed by atoms with Gasteiger partial charge in [-0.15, -0.1) is 0 Å². The average molecular weight is 489 g/mol. The van der Waals surface area contributed by atoms with Crippen molar-refractivity contribution in [2.45, 2.75) is 12.8 Å². The molecule has 3 heterocycles. The Morgan fingerprint density at radius 3 is 2.13 bits per heavy atom. The Morgan fingerprint density at radius 1 is 0.711 bits per heavy atom. The van der Waals surface area contributed by atoms with Crippen molar-refractivity contribution in [2.75, 3.05) is 4.90 Å². The Bertz CT molecular complexity index is 1960. The second kappa shape index (κ2) is 8.32. The minimum absolute atomic E-state index is 0.938. The second-order valence-corrected chi connectivity index (χ2v) is 9.93. The molecule has 0 radical (unpaired) electrons. The van der Waals surface area contributed by atoms with Crippen LogP contribution in [0.1, 0.15) is 18.4 Å². The van der Waals surface area contributed by atoms with Gasteiger partial charge in [-0.2, -0.15) is 0 Å². The number of benzene rings is 4. The molecule has 0 fully saturated rings. The maximum atomic E-state index is 6.28. The van der Waals surface area contributed by atoms with Crippen molar-refractivity contribution in [3.8, 4) is 22.5 Å². The molecule has 0 atom stereocenters. The summed E-state index contributed by atoms with van der Waals surface area (Å²) in [5, 5.41) is 4.94. The van der Waals surface area contributed by atoms with Crippen LogP contribution in [0.5, 0.6) is 0 Å². The first-order valence-corrected chi connectivity index (χ1v) is 13.1. The van der Waals surface area contributed by atoms with E-state index in [-0.39, 0.29) is 0 Å². The maximum Gasteiger partial charge on any atom is 0.136 e. The van der Waals surface area contributed by atoms with Crippen LogP contribution in [0.2, 0.25) is 0 Å². The standard InChI is InChI=1S/C35H24N2O/c1-3-10-23(11-4-1)29-21-26(22-30(36-29)24-12-5-2-6-13-24)37-19-18-28-34-25(14-9-16-31(34)37)20-33-35(28)27-15-7-8-17-32(27)38-33/h1-8,10-15,17-22H,9,16H2. The normalized spacial score (nSPS) is 14.1. The lowest BCUT2D eigenvalue weighted by Gasteiger charge is -2.30. The lowest BCUT2D eigenvalue weighted by Crippen LogP contribution is -2.39. The summed E-state index contributed by atoms with van der Waals surface area (Å²) in [5.41, 5.74) is 9.77. The number of rotatable bonds is 3. The van der Waals surface area contributed by atoms with Gasteiger partial charge in [0.2, 0.25) is 0 Å². The van der Waals surface area contributed by atoms with E-state index in [1.54, 1.807) is 0 Å². The molecule has 0 saturated carbocycles. The third kappa shape index (κ3) is 3.25. The summed E-state index contributed by atoms with van der Waals surface area (Å²) in [6.45, 7) is 0. The number of pyridine rings is 1. The number of furan rings is 1. The number of hydrogen-bond donors (Lipinski definition) is 0. The van der Waals surface area contributed by atoms with Crippen molar-refractivity contribution in [3.05, 3.63) is 125 Å². The fraction of sp³-hybridized carbons (Fsp3) is 0.0571. The fourth-order valence-electron chi connectivity index (χ4n) is 5.97. The van der Waals surface area contributed by atoms with Gasteiger partial charge in [0, 0.05) is 44.7 Å². The van der Waals surface area contributed by atoms with E-state index in [1.165, 1.54) is 32.5 Å². The monoisotopic (exact) mass is 488 g/mol. The third-order valence-corrected chi connectivity index (χ3v) is 7.68. The van der Waals surface area contributed by atoms with Crippen LogP contribution in [0.25, 0.3) is 62.3 Å². The maximum absolute atomic E-state index is 6.28. The number of anilines is 1. The molecule has 0 spiro atoms. The highest BCUT2D eigenvalue weighted by atomic mass is 16.3. The van der Waals surface area contributed by atoms with Crippen LogP contribution >= 0.6 is 0 Å². The van der Waals surface area contributed by atoms with Gasteiger partial charge in [-0.25, -0.2) is 4.98 Å². The number of aromatic nitrogens is 1. The number of hydrogen-bond acceptors (Lipinski definition) is 3. The Labute approximate surface area is 220 Å². The van der Waals surface area contributed by atoms with Gasteiger partial charge in [-0.3, -0.25) is 0 Å². The first kappa shape index (κ1) is 21.2. The van der Waals surface area contributed by atoms with Gasteiger partial charge < -0.3 is 9.32 Å². The molecule has 0 bridgehead atoms. The lowest BCUT2D eigenvalue weighted by molar-refractivity contribution is 0.668. The summed E-state index contributed by atoms with van der Waals surface area (Å²) in [7, 11) is 0. The van der Waals surface area contributed by atoms with E-state index >= 15 is 0 Å². The van der Waals surface area contributed by atoms with Crippen LogP contribution in [0.15, 0.2) is 114 Å². The summed E-state index contributed by atoms with van der Waals surface area (Å²) < 4.78 is 6.28. The molecular weight excluding hydrogens is 464 g/mol. The zero-order valence-corrected chi connectivity index (χ0v) is 20.8. The molecule has 180 valence electrons. The van der Waals surface area contributed by atoms with E-state index in [4.69, 9.17) is 9.40 Å². The van der Waals surface area contributed by atoms with Gasteiger partial charge in [0.15, 0.2) is 0 Å². The zero-order chi connectivity index (χ0) is 25.1. The Kier molecular flexibility index (Phi) is 4.65. The van der Waals surface area contributed by atoms with Crippen LogP contribution < -0.4 is 15.3 Å². The van der Waals surface area contributed by atoms with Gasteiger partial charge in [0.25, 0.3) is 0 Å². The molecule has 4 aromatic carbocycles. The summed E-state index contributed by atoms with van der Waals surface area (Å²) >= 11 is 0. The molecule has 2 aliphatic rings. The molecule has 3 nitrogen and oxygen atoms in total. The van der Waals surface area contributed by atoms with Crippen LogP contribution in [0, 0.1) is 0 Å². The van der Waals surface area contributed by atoms with Crippen molar-refractivity contribution in [1.29, 1.82) is 0 Å². The second-order valence-electron chi connectivity index (χ2n) is 9.93. The van der Waals surface area contributed by atoms with Crippen LogP contribution in [-0.4, -0.2) is 4.98 Å². The molecule has 1 aliphatic heterocycles. The van der Waals surface area contributed by atoms with Crippen LogP contribution in [-0.2, 0) is 0 Å². The van der Waals surface area contributed by atoms with E-state index in [0.717, 1.165) is 52.2 Å². The molecule has 0 saturated heterocycles. The first-order chi connectivity index (χ1) is 18.8. The van der Waals surface area contributed by atoms with Gasteiger partial charge in [-0.05, 0) is 54.0 Å². The summed E-state index contributed by atoms with van der Waals surface area (Å²) in [6, 6.07) is 35.9. The minimum atomic E-state index is 0.938. The van der Waals surface area contributed by atoms with E-state index in [1.807, 2.05) is 18.2 Å². The Morgan fingerprint density at radius 2 is 1.39 bits per heavy atom. The van der Waals surface area contributed by atoms with E-state index in [0.29, 0.717) is 0 Å². The lowest BCUT2D eigenvalue weighted by atomic mass is 9.93. The van der Waals surface area contributed by atoms with Gasteiger partial charge in [-0.1, -0.05) is 84.9 Å². The quantitative estimate of drug-likeness (QED) is 0.258. The van der Waals surface area contributed by atoms with Crippen LogP contribution in [0.3, 0.4) is 0 Å². The molecule has 1 aliphatic carbocycles. The molecule has 3 heteroatoms. The van der Waals surface area contributed by atoms with E-state index in [9.17, 15) is 0 Å². The zero-order valence-electron chi connectivity index (χ0n) is 20.8. The third-order valence-electron chi connectivity index (χ3n) is 7.68. The van der Waals surface area contributed by atoms with Crippen molar-refractivity contribution < 1.29 is 4.42 Å². The molecule has 6 aromatic rings. The highest BCUT2D eigenvalue weighted by Gasteiger charge is 2.23. The first-order valence-electron chi connectivity index (χ1n) is 13.1. The van der Waals surface area contributed by atoms with Gasteiger partial charge in [0.1, 0.15) is 11.2 Å². The van der Waals surface area contributed by atoms with Gasteiger partial charge in [0.05, 0.1) is 11.4 Å². The van der Waals surface area contributed by atoms with Crippen LogP contribution in [0.4, 0.5) is 5.69 Å². The summed E-state index contributed by atoms with van der Waals surface area (Å²) in [5.74, 6) is 0. The predicted molar refractivity (Wildman–Crippen MR) is 157 cm³/mol. The molecule has 38 heavy (non-hydrogen) atoms. The van der Waals surface area contributed by atoms with E-state index < -0.39 is 0 Å². The van der Waals surface area contributed by atoms with Crippen molar-refractivity contribution in [1.82, 2.24) is 4.98 Å². The Hall–Kier alpha value is -4.89. The average Bonchev–Trinajstić information content (AvgIpc) is 3.36. The largest absolute Gasteiger partial charge is 0.456 e. The number of nitrogens with zero attached hydrogens (tertiary/aromatic N) is 2. The minimum Gasteiger partial charge on any atom is -0.456 e. The molecule has 0 amide bonds. The molecule has 0 N–H and O–H groups in total. The molecule has 0 unspecified atom stereocenters. The summed E-state index contributed by atoms with van der Waals surface area (Å²) in [6.07, 6.45) is 8.82. The highest BCUT2D eigenvalue weighted by Crippen LogP contribution is 2.36. The Balaban J connectivity index is 1.39. The van der Waals surface area contributed by atoms with Crippen molar-refractivity contribution >= 4 is 45.5 Å². The molecule has 2 aromatic heterocycles. The van der Waals surface area contributed by atoms with E-state index in [2.05, 4.69) is 108 Å². The topological polar surface area (TPSA) is 29.3 Å². The van der Waals surface area contributed by atoms with Crippen molar-refractivity contribution in [3.63, 3.8) is 0 Å². The SMILES string of the molecule is C1=CN(c2cc(-c3ccccc3)nc(-c3ccccc3)c2)C2=c3c1c1c(cc3=CCC2)oc2ccccc21. The predicted octanol–water partition coefficient (Wildman–Crippen LogP) is 7.49. The fourth-order valence-corrected chi connectivity index (χ4v) is 5.97. The summed E-state index contributed by atoms with van der Waals surface area (Å²) in [4.78, 5) is 7.45. The van der Waals surface area contributed by atoms with Crippen molar-refractivity contribution in [2.24, 2.45) is 0 Å². The smallest absolute Gasteiger partial charge is 0.136 e. The van der Waals surface area contributed by atoms with Gasteiger partial charge >= 0.3 is 0 Å². The number of fused-ring (bicyclic) bond motifs is 4. The number of para-hydroxylation sites is 1. The molecule has 8 rings (SSSR count).